The van der Waals surface area contributed by atoms with Crippen LogP contribution in [0, 0.1) is 0 Å². The van der Waals surface area contributed by atoms with E-state index < -0.39 is 0 Å². The molecule has 0 saturated carbocycles. The highest BCUT2D eigenvalue weighted by atomic mass is 16.5. The molecule has 0 spiro atoms. The van der Waals surface area contributed by atoms with Crippen molar-refractivity contribution >= 4 is 5.91 Å². The SMILES string of the molecule is O=C(Cc1cnn(-c2ccccc2)c1)N1CCOC(c2ccccc2)C1. The van der Waals surface area contributed by atoms with Gasteiger partial charge in [-0.3, -0.25) is 4.79 Å². The van der Waals surface area contributed by atoms with Crippen LogP contribution in [0.25, 0.3) is 5.69 Å². The first-order valence-electron chi connectivity index (χ1n) is 8.83. The number of rotatable bonds is 4. The summed E-state index contributed by atoms with van der Waals surface area (Å²) < 4.78 is 7.65. The first kappa shape index (κ1) is 16.5. The van der Waals surface area contributed by atoms with Crippen molar-refractivity contribution in [3.05, 3.63) is 84.2 Å². The van der Waals surface area contributed by atoms with E-state index in [1.54, 1.807) is 10.9 Å². The molecule has 2 aromatic carbocycles. The number of nitrogens with zero attached hydrogens (tertiary/aromatic N) is 3. The average Bonchev–Trinajstić information content (AvgIpc) is 3.18. The molecule has 2 heterocycles. The molecular weight excluding hydrogens is 326 g/mol. The Morgan fingerprint density at radius 1 is 1.08 bits per heavy atom. The van der Waals surface area contributed by atoms with E-state index in [0.717, 1.165) is 16.8 Å². The van der Waals surface area contributed by atoms with Gasteiger partial charge in [0.05, 0.1) is 31.5 Å². The first-order chi connectivity index (χ1) is 12.8. The Kier molecular flexibility index (Phi) is 4.80. The number of amides is 1. The molecule has 1 atom stereocenters. The Bertz CT molecular complexity index is 861. The third kappa shape index (κ3) is 3.68. The molecule has 3 aromatic rings. The summed E-state index contributed by atoms with van der Waals surface area (Å²) in [6.45, 7) is 1.79. The lowest BCUT2D eigenvalue weighted by atomic mass is 10.1. The Morgan fingerprint density at radius 2 is 1.81 bits per heavy atom. The van der Waals surface area contributed by atoms with Gasteiger partial charge in [0.15, 0.2) is 0 Å². The van der Waals surface area contributed by atoms with Crippen molar-refractivity contribution in [2.24, 2.45) is 0 Å². The van der Waals surface area contributed by atoms with Gasteiger partial charge in [-0.1, -0.05) is 48.5 Å². The zero-order chi connectivity index (χ0) is 17.8. The number of carbonyl (C=O) groups is 1. The fourth-order valence-corrected chi connectivity index (χ4v) is 3.20. The van der Waals surface area contributed by atoms with Crippen molar-refractivity contribution in [3.8, 4) is 5.69 Å². The number of carbonyl (C=O) groups excluding carboxylic acids is 1. The van der Waals surface area contributed by atoms with Gasteiger partial charge >= 0.3 is 0 Å². The number of para-hydroxylation sites is 1. The molecule has 0 radical (unpaired) electrons. The second-order valence-electron chi connectivity index (χ2n) is 6.42. The third-order valence-electron chi connectivity index (χ3n) is 4.60. The van der Waals surface area contributed by atoms with Crippen LogP contribution < -0.4 is 0 Å². The molecular formula is C21H21N3O2. The molecule has 4 rings (SSSR count). The summed E-state index contributed by atoms with van der Waals surface area (Å²) in [5.41, 5.74) is 3.02. The second kappa shape index (κ2) is 7.54. The van der Waals surface area contributed by atoms with Gasteiger partial charge in [-0.2, -0.15) is 5.10 Å². The van der Waals surface area contributed by atoms with E-state index in [0.29, 0.717) is 26.1 Å². The molecule has 0 aliphatic carbocycles. The molecule has 1 aliphatic heterocycles. The van der Waals surface area contributed by atoms with Crippen LogP contribution in [0.1, 0.15) is 17.2 Å². The van der Waals surface area contributed by atoms with E-state index in [1.807, 2.05) is 71.8 Å². The zero-order valence-corrected chi connectivity index (χ0v) is 14.5. The Balaban J connectivity index is 1.41. The minimum absolute atomic E-state index is 0.0547. The van der Waals surface area contributed by atoms with Crippen LogP contribution in [-0.4, -0.2) is 40.3 Å². The largest absolute Gasteiger partial charge is 0.370 e. The summed E-state index contributed by atoms with van der Waals surface area (Å²) in [4.78, 5) is 14.6. The van der Waals surface area contributed by atoms with Crippen molar-refractivity contribution < 1.29 is 9.53 Å². The van der Waals surface area contributed by atoms with Crippen molar-refractivity contribution in [3.63, 3.8) is 0 Å². The standard InChI is InChI=1S/C21H21N3O2/c25-21(13-17-14-22-24(15-17)19-9-5-2-6-10-19)23-11-12-26-20(16-23)18-7-3-1-4-8-18/h1-10,14-15,20H,11-13,16H2. The average molecular weight is 347 g/mol. The molecule has 132 valence electrons. The fraction of sp³-hybridized carbons (Fsp3) is 0.238. The van der Waals surface area contributed by atoms with E-state index in [9.17, 15) is 4.79 Å². The lowest BCUT2D eigenvalue weighted by molar-refractivity contribution is -0.138. The Hall–Kier alpha value is -2.92. The van der Waals surface area contributed by atoms with Crippen LogP contribution in [0.2, 0.25) is 0 Å². The van der Waals surface area contributed by atoms with E-state index in [2.05, 4.69) is 5.10 Å². The lowest BCUT2D eigenvalue weighted by Crippen LogP contribution is -2.42. The van der Waals surface area contributed by atoms with Crippen LogP contribution in [0.3, 0.4) is 0 Å². The predicted molar refractivity (Wildman–Crippen MR) is 99.0 cm³/mol. The highest BCUT2D eigenvalue weighted by Gasteiger charge is 2.25. The molecule has 1 fully saturated rings. The normalized spacial score (nSPS) is 17.2. The minimum atomic E-state index is -0.0547. The fourth-order valence-electron chi connectivity index (χ4n) is 3.20. The summed E-state index contributed by atoms with van der Waals surface area (Å²) in [6, 6.07) is 20.0. The number of ether oxygens (including phenoxy) is 1. The minimum Gasteiger partial charge on any atom is -0.370 e. The molecule has 1 amide bonds. The van der Waals surface area contributed by atoms with Crippen molar-refractivity contribution in [2.45, 2.75) is 12.5 Å². The number of aromatic nitrogens is 2. The van der Waals surface area contributed by atoms with Crippen molar-refractivity contribution in [2.75, 3.05) is 19.7 Å². The number of morpholine rings is 1. The lowest BCUT2D eigenvalue weighted by Gasteiger charge is -2.33. The van der Waals surface area contributed by atoms with Gasteiger partial charge in [-0.25, -0.2) is 4.68 Å². The number of hydrogen-bond acceptors (Lipinski definition) is 3. The molecule has 1 aromatic heterocycles. The van der Waals surface area contributed by atoms with E-state index in [1.165, 1.54) is 0 Å². The highest BCUT2D eigenvalue weighted by Crippen LogP contribution is 2.22. The molecule has 1 saturated heterocycles. The maximum atomic E-state index is 12.7. The molecule has 1 unspecified atom stereocenters. The molecule has 26 heavy (non-hydrogen) atoms. The van der Waals surface area contributed by atoms with E-state index in [-0.39, 0.29) is 12.0 Å². The zero-order valence-electron chi connectivity index (χ0n) is 14.5. The first-order valence-corrected chi connectivity index (χ1v) is 8.83. The van der Waals surface area contributed by atoms with Crippen molar-refractivity contribution in [1.29, 1.82) is 0 Å². The van der Waals surface area contributed by atoms with Gasteiger partial charge in [0.25, 0.3) is 0 Å². The van der Waals surface area contributed by atoms with Gasteiger partial charge < -0.3 is 9.64 Å². The number of hydrogen-bond donors (Lipinski definition) is 0. The third-order valence-corrected chi connectivity index (χ3v) is 4.60. The monoisotopic (exact) mass is 347 g/mol. The van der Waals surface area contributed by atoms with Crippen LogP contribution in [0.4, 0.5) is 0 Å². The van der Waals surface area contributed by atoms with Crippen molar-refractivity contribution in [1.82, 2.24) is 14.7 Å². The molecule has 5 nitrogen and oxygen atoms in total. The Labute approximate surface area is 152 Å². The molecule has 1 aliphatic rings. The van der Waals surface area contributed by atoms with E-state index >= 15 is 0 Å². The quantitative estimate of drug-likeness (QED) is 0.729. The van der Waals surface area contributed by atoms with Gasteiger partial charge in [-0.05, 0) is 23.3 Å². The highest BCUT2D eigenvalue weighted by molar-refractivity contribution is 5.78. The van der Waals surface area contributed by atoms with Gasteiger partial charge in [-0.15, -0.1) is 0 Å². The predicted octanol–water partition coefficient (Wildman–Crippen LogP) is 3.01. The van der Waals surface area contributed by atoms with Crippen LogP contribution in [0.5, 0.6) is 0 Å². The summed E-state index contributed by atoms with van der Waals surface area (Å²) >= 11 is 0. The van der Waals surface area contributed by atoms with Crippen LogP contribution in [-0.2, 0) is 16.0 Å². The van der Waals surface area contributed by atoms with E-state index in [4.69, 9.17) is 4.74 Å². The van der Waals surface area contributed by atoms with Crippen LogP contribution >= 0.6 is 0 Å². The summed E-state index contributed by atoms with van der Waals surface area (Å²) in [7, 11) is 0. The molecule has 5 heteroatoms. The maximum Gasteiger partial charge on any atom is 0.227 e. The summed E-state index contributed by atoms with van der Waals surface area (Å²) in [6.07, 6.45) is 3.98. The summed E-state index contributed by atoms with van der Waals surface area (Å²) in [5, 5.41) is 4.37. The van der Waals surface area contributed by atoms with Gasteiger partial charge in [0.2, 0.25) is 5.91 Å². The maximum absolute atomic E-state index is 12.7. The smallest absolute Gasteiger partial charge is 0.227 e. The molecule has 0 N–H and O–H groups in total. The van der Waals surface area contributed by atoms with Gasteiger partial charge in [0, 0.05) is 12.7 Å². The topological polar surface area (TPSA) is 47.4 Å². The van der Waals surface area contributed by atoms with Gasteiger partial charge in [0.1, 0.15) is 6.10 Å². The molecule has 0 bridgehead atoms. The second-order valence-corrected chi connectivity index (χ2v) is 6.42. The van der Waals surface area contributed by atoms with Crippen LogP contribution in [0.15, 0.2) is 73.1 Å². The number of benzene rings is 2. The Morgan fingerprint density at radius 3 is 2.58 bits per heavy atom. The summed E-state index contributed by atoms with van der Waals surface area (Å²) in [5.74, 6) is 0.113.